The smallest absolute Gasteiger partial charge is 0.247 e. The fourth-order valence-electron chi connectivity index (χ4n) is 5.26. The van der Waals surface area contributed by atoms with Crippen LogP contribution in [0.4, 0.5) is 17.6 Å². The number of hydrogen-bond donors (Lipinski definition) is 3. The lowest BCUT2D eigenvalue weighted by Gasteiger charge is -2.34. The van der Waals surface area contributed by atoms with Crippen LogP contribution in [-0.2, 0) is 20.9 Å². The molecule has 2 aliphatic heterocycles. The number of anilines is 3. The van der Waals surface area contributed by atoms with Gasteiger partial charge in [-0.3, -0.25) is 9.59 Å². The average Bonchev–Trinajstić information content (AvgIpc) is 3.41. The first-order chi connectivity index (χ1) is 19.4. The van der Waals surface area contributed by atoms with E-state index in [9.17, 15) is 9.59 Å². The Morgan fingerprint density at radius 2 is 2.00 bits per heavy atom. The van der Waals surface area contributed by atoms with Crippen LogP contribution in [0.1, 0.15) is 63.0 Å². The number of nitrogens with one attached hydrogen (secondary N) is 3. The van der Waals surface area contributed by atoms with E-state index in [4.69, 9.17) is 14.7 Å². The maximum absolute atomic E-state index is 13.1. The number of benzene rings is 1. The van der Waals surface area contributed by atoms with Crippen LogP contribution in [-0.4, -0.2) is 68.1 Å². The predicted molar refractivity (Wildman–Crippen MR) is 154 cm³/mol. The number of fused-ring (bicyclic) bond motifs is 1. The Morgan fingerprint density at radius 3 is 2.77 bits per heavy atom. The van der Waals surface area contributed by atoms with E-state index in [2.05, 4.69) is 41.5 Å². The minimum Gasteiger partial charge on any atom is -0.381 e. The third-order valence-corrected chi connectivity index (χ3v) is 7.48. The van der Waals surface area contributed by atoms with Crippen molar-refractivity contribution in [3.05, 3.63) is 54.2 Å². The molecule has 5 rings (SSSR count). The molecule has 0 spiro atoms. The van der Waals surface area contributed by atoms with Crippen molar-refractivity contribution in [3.63, 3.8) is 0 Å². The van der Waals surface area contributed by atoms with Crippen molar-refractivity contribution in [1.82, 2.24) is 24.5 Å². The maximum atomic E-state index is 13.1. The normalized spacial score (nSPS) is 18.1. The SMILES string of the molecule is C=CC(=O)N1CCCCC1C(=O)Nc1cccc(CNc2nc(NC3CCOCC3)nc3c(C(C)C)cnn23)c1. The molecule has 0 aliphatic carbocycles. The molecule has 4 heterocycles. The minimum atomic E-state index is -0.494. The summed E-state index contributed by atoms with van der Waals surface area (Å²) < 4.78 is 7.23. The number of carbonyl (C=O) groups excluding carboxylic acids is 2. The largest absolute Gasteiger partial charge is 0.381 e. The number of likely N-dealkylation sites (tertiary alicyclic amines) is 1. The Balaban J connectivity index is 1.31. The molecule has 2 aliphatic rings. The number of nitrogens with zero attached hydrogens (tertiary/aromatic N) is 5. The molecule has 1 unspecified atom stereocenters. The molecule has 2 fully saturated rings. The molecule has 3 N–H and O–H groups in total. The van der Waals surface area contributed by atoms with Gasteiger partial charge in [-0.1, -0.05) is 32.6 Å². The molecular weight excluding hydrogens is 508 g/mol. The van der Waals surface area contributed by atoms with E-state index in [1.54, 1.807) is 9.42 Å². The number of hydrogen-bond acceptors (Lipinski definition) is 8. The van der Waals surface area contributed by atoms with Gasteiger partial charge in [0.05, 0.1) is 6.20 Å². The highest BCUT2D eigenvalue weighted by molar-refractivity contribution is 5.99. The van der Waals surface area contributed by atoms with E-state index in [0.717, 1.165) is 55.7 Å². The van der Waals surface area contributed by atoms with Gasteiger partial charge in [-0.15, -0.1) is 0 Å². The molecule has 0 radical (unpaired) electrons. The monoisotopic (exact) mass is 546 g/mol. The topological polar surface area (TPSA) is 126 Å². The van der Waals surface area contributed by atoms with Crippen LogP contribution in [0.25, 0.3) is 5.65 Å². The zero-order valence-corrected chi connectivity index (χ0v) is 23.2. The standard InChI is InChI=1S/C29H38N8O3/c1-4-25(38)36-13-6-5-10-24(36)27(39)32-22-9-7-8-20(16-22)17-30-29-35-28(33-21-11-14-40-15-12-21)34-26-23(19(2)3)18-31-37(26)29/h4,7-9,16,18-19,21,24H,1,5-6,10-15,17H2,2-3H3,(H,32,39)(H2,30,33,34,35). The van der Waals surface area contributed by atoms with Crippen LogP contribution in [0, 0.1) is 0 Å². The quantitative estimate of drug-likeness (QED) is 0.345. The molecular formula is C29H38N8O3. The Labute approximate surface area is 234 Å². The van der Waals surface area contributed by atoms with Crippen LogP contribution in [0.3, 0.4) is 0 Å². The number of rotatable bonds is 9. The number of aromatic nitrogens is 4. The summed E-state index contributed by atoms with van der Waals surface area (Å²) in [5.74, 6) is 1.02. The molecule has 2 aromatic heterocycles. The zero-order valence-electron chi connectivity index (χ0n) is 23.2. The van der Waals surface area contributed by atoms with Crippen LogP contribution in [0.2, 0.25) is 0 Å². The first-order valence-electron chi connectivity index (χ1n) is 14.1. The molecule has 0 bridgehead atoms. The highest BCUT2D eigenvalue weighted by Crippen LogP contribution is 2.24. The van der Waals surface area contributed by atoms with Gasteiger partial charge in [0.1, 0.15) is 6.04 Å². The van der Waals surface area contributed by atoms with Crippen LogP contribution in [0.5, 0.6) is 0 Å². The van der Waals surface area contributed by atoms with Gasteiger partial charge >= 0.3 is 0 Å². The lowest BCUT2D eigenvalue weighted by atomic mass is 10.0. The Bertz CT molecular complexity index is 1360. The summed E-state index contributed by atoms with van der Waals surface area (Å²) in [5, 5.41) is 14.5. The van der Waals surface area contributed by atoms with Crippen molar-refractivity contribution in [2.45, 2.75) is 70.5 Å². The second-order valence-electron chi connectivity index (χ2n) is 10.7. The van der Waals surface area contributed by atoms with Gasteiger partial charge in [0.15, 0.2) is 5.65 Å². The summed E-state index contributed by atoms with van der Waals surface area (Å²) in [6.45, 7) is 10.3. The molecule has 212 valence electrons. The van der Waals surface area contributed by atoms with E-state index in [1.165, 1.54) is 6.08 Å². The summed E-state index contributed by atoms with van der Waals surface area (Å²) in [7, 11) is 0. The summed E-state index contributed by atoms with van der Waals surface area (Å²) in [4.78, 5) is 36.5. The minimum absolute atomic E-state index is 0.181. The third-order valence-electron chi connectivity index (χ3n) is 7.48. The van der Waals surface area contributed by atoms with Gasteiger partial charge in [-0.25, -0.2) is 0 Å². The summed E-state index contributed by atoms with van der Waals surface area (Å²) in [5.41, 5.74) is 3.46. The van der Waals surface area contributed by atoms with Crippen molar-refractivity contribution in [3.8, 4) is 0 Å². The molecule has 3 aromatic rings. The molecule has 0 saturated carbocycles. The summed E-state index contributed by atoms with van der Waals surface area (Å²) in [6, 6.07) is 7.43. The third kappa shape index (κ3) is 6.25. The van der Waals surface area contributed by atoms with Crippen LogP contribution in [0.15, 0.2) is 43.1 Å². The molecule has 40 heavy (non-hydrogen) atoms. The van der Waals surface area contributed by atoms with Crippen molar-refractivity contribution in [1.29, 1.82) is 0 Å². The maximum Gasteiger partial charge on any atom is 0.247 e. The highest BCUT2D eigenvalue weighted by Gasteiger charge is 2.31. The Morgan fingerprint density at radius 1 is 1.18 bits per heavy atom. The first kappa shape index (κ1) is 27.6. The number of amides is 2. The van der Waals surface area contributed by atoms with Gasteiger partial charge in [-0.2, -0.15) is 19.6 Å². The molecule has 2 amide bonds. The Kier molecular flexibility index (Phi) is 8.59. The van der Waals surface area contributed by atoms with Gasteiger partial charge in [0, 0.05) is 43.6 Å². The van der Waals surface area contributed by atoms with E-state index in [0.29, 0.717) is 37.1 Å². The van der Waals surface area contributed by atoms with E-state index >= 15 is 0 Å². The lowest BCUT2D eigenvalue weighted by Crippen LogP contribution is -2.49. The molecule has 2 saturated heterocycles. The van der Waals surface area contributed by atoms with E-state index in [1.807, 2.05) is 30.5 Å². The zero-order chi connectivity index (χ0) is 28.1. The summed E-state index contributed by atoms with van der Waals surface area (Å²) in [6.07, 6.45) is 7.38. The molecule has 11 heteroatoms. The van der Waals surface area contributed by atoms with Crippen molar-refractivity contribution in [2.75, 3.05) is 35.7 Å². The second kappa shape index (κ2) is 12.5. The Hall–Kier alpha value is -3.99. The predicted octanol–water partition coefficient (Wildman–Crippen LogP) is 3.96. The number of ether oxygens (including phenoxy) is 1. The highest BCUT2D eigenvalue weighted by atomic mass is 16.5. The van der Waals surface area contributed by atoms with Crippen LogP contribution < -0.4 is 16.0 Å². The first-order valence-corrected chi connectivity index (χ1v) is 14.1. The fraction of sp³-hybridized carbons (Fsp3) is 0.483. The number of piperidine rings is 1. The molecule has 1 atom stereocenters. The van der Waals surface area contributed by atoms with Crippen molar-refractivity contribution < 1.29 is 14.3 Å². The average molecular weight is 547 g/mol. The lowest BCUT2D eigenvalue weighted by molar-refractivity contribution is -0.136. The van der Waals surface area contributed by atoms with Crippen LogP contribution >= 0.6 is 0 Å². The van der Waals surface area contributed by atoms with E-state index in [-0.39, 0.29) is 23.8 Å². The van der Waals surface area contributed by atoms with Gasteiger partial charge < -0.3 is 25.6 Å². The van der Waals surface area contributed by atoms with Gasteiger partial charge in [-0.05, 0) is 61.8 Å². The number of carbonyl (C=O) groups is 2. The molecule has 11 nitrogen and oxygen atoms in total. The fourth-order valence-corrected chi connectivity index (χ4v) is 5.26. The van der Waals surface area contributed by atoms with Gasteiger partial charge in [0.25, 0.3) is 0 Å². The second-order valence-corrected chi connectivity index (χ2v) is 10.7. The summed E-state index contributed by atoms with van der Waals surface area (Å²) >= 11 is 0. The van der Waals surface area contributed by atoms with E-state index < -0.39 is 6.04 Å². The molecule has 1 aromatic carbocycles. The van der Waals surface area contributed by atoms with Crippen molar-refractivity contribution in [2.24, 2.45) is 0 Å². The van der Waals surface area contributed by atoms with Gasteiger partial charge in [0.2, 0.25) is 23.7 Å². The van der Waals surface area contributed by atoms with Crippen molar-refractivity contribution >= 4 is 35.0 Å².